The zero-order valence-corrected chi connectivity index (χ0v) is 16.8. The van der Waals surface area contributed by atoms with Crippen LogP contribution < -0.4 is 0 Å². The molecule has 1 amide bonds. The van der Waals surface area contributed by atoms with Crippen molar-refractivity contribution >= 4 is 46.2 Å². The molecule has 1 aliphatic rings. The van der Waals surface area contributed by atoms with Crippen LogP contribution in [-0.2, 0) is 4.79 Å². The fourth-order valence-corrected chi connectivity index (χ4v) is 3.81. The molecule has 27 heavy (non-hydrogen) atoms. The number of thioether (sulfide) groups is 1. The van der Waals surface area contributed by atoms with E-state index in [4.69, 9.17) is 11.6 Å². The molecule has 3 rings (SSSR count). The van der Waals surface area contributed by atoms with Gasteiger partial charge in [-0.25, -0.2) is 4.99 Å². The molecule has 6 heteroatoms. The smallest absolute Gasteiger partial charge is 0.266 e. The van der Waals surface area contributed by atoms with Gasteiger partial charge in [-0.2, -0.15) is 0 Å². The number of phenolic OH excluding ortho intramolecular Hbond substituents is 1. The predicted octanol–water partition coefficient (Wildman–Crippen LogP) is 5.76. The number of aromatic hydroxyl groups is 1. The molecule has 0 saturated carbocycles. The number of phenols is 1. The van der Waals surface area contributed by atoms with Gasteiger partial charge in [0, 0.05) is 17.1 Å². The first-order valence-electron chi connectivity index (χ1n) is 8.83. The number of aryl methyl sites for hydroxylation is 1. The molecule has 1 fully saturated rings. The fraction of sp³-hybridized carbons (Fsp3) is 0.238. The summed E-state index contributed by atoms with van der Waals surface area (Å²) >= 11 is 7.34. The van der Waals surface area contributed by atoms with Crippen LogP contribution in [0.15, 0.2) is 52.4 Å². The SMILES string of the molecule is CCCCN1C(=O)/C(=C\c2cc(Cl)ccc2O)SC1=Nc1ccc(C)cc1. The van der Waals surface area contributed by atoms with Gasteiger partial charge in [-0.05, 0) is 61.5 Å². The number of rotatable bonds is 5. The van der Waals surface area contributed by atoms with Crippen LogP contribution in [-0.4, -0.2) is 27.6 Å². The quantitative estimate of drug-likeness (QED) is 0.649. The lowest BCUT2D eigenvalue weighted by Gasteiger charge is -2.14. The van der Waals surface area contributed by atoms with E-state index in [0.29, 0.717) is 27.2 Å². The van der Waals surface area contributed by atoms with Gasteiger partial charge in [0.15, 0.2) is 5.17 Å². The molecular formula is C21H21ClN2O2S. The number of halogens is 1. The number of nitrogens with zero attached hydrogens (tertiary/aromatic N) is 2. The maximum atomic E-state index is 12.9. The van der Waals surface area contributed by atoms with Gasteiger partial charge < -0.3 is 5.11 Å². The van der Waals surface area contributed by atoms with E-state index >= 15 is 0 Å². The predicted molar refractivity (Wildman–Crippen MR) is 114 cm³/mol. The average Bonchev–Trinajstić information content (AvgIpc) is 2.93. The lowest BCUT2D eigenvalue weighted by Crippen LogP contribution is -2.30. The van der Waals surface area contributed by atoms with Crippen molar-refractivity contribution in [1.82, 2.24) is 4.90 Å². The number of amidine groups is 1. The maximum absolute atomic E-state index is 12.9. The van der Waals surface area contributed by atoms with Gasteiger partial charge in [0.1, 0.15) is 5.75 Å². The van der Waals surface area contributed by atoms with Crippen LogP contribution in [0.5, 0.6) is 5.75 Å². The van der Waals surface area contributed by atoms with E-state index in [2.05, 4.69) is 11.9 Å². The van der Waals surface area contributed by atoms with Crippen molar-refractivity contribution < 1.29 is 9.90 Å². The Balaban J connectivity index is 1.96. The number of benzene rings is 2. The topological polar surface area (TPSA) is 52.9 Å². The van der Waals surface area contributed by atoms with Crippen molar-refractivity contribution in [2.24, 2.45) is 4.99 Å². The molecule has 1 aliphatic heterocycles. The molecule has 1 saturated heterocycles. The Morgan fingerprint density at radius 1 is 1.22 bits per heavy atom. The van der Waals surface area contributed by atoms with Gasteiger partial charge in [0.25, 0.3) is 5.91 Å². The van der Waals surface area contributed by atoms with E-state index in [1.807, 2.05) is 31.2 Å². The van der Waals surface area contributed by atoms with Crippen molar-refractivity contribution in [3.05, 3.63) is 63.5 Å². The van der Waals surface area contributed by atoms with Crippen molar-refractivity contribution in [1.29, 1.82) is 0 Å². The highest BCUT2D eigenvalue weighted by atomic mass is 35.5. The highest BCUT2D eigenvalue weighted by Gasteiger charge is 2.33. The molecular weight excluding hydrogens is 380 g/mol. The van der Waals surface area contributed by atoms with Crippen LogP contribution in [0, 0.1) is 6.92 Å². The summed E-state index contributed by atoms with van der Waals surface area (Å²) in [6, 6.07) is 12.7. The van der Waals surface area contributed by atoms with E-state index in [1.165, 1.54) is 17.8 Å². The lowest BCUT2D eigenvalue weighted by atomic mass is 10.2. The van der Waals surface area contributed by atoms with E-state index < -0.39 is 0 Å². The number of aliphatic imine (C=N–C) groups is 1. The van der Waals surface area contributed by atoms with Crippen LogP contribution in [0.4, 0.5) is 5.69 Å². The molecule has 1 heterocycles. The molecule has 2 aromatic rings. The molecule has 0 bridgehead atoms. The first-order chi connectivity index (χ1) is 13.0. The number of unbranched alkanes of at least 4 members (excludes halogenated alkanes) is 1. The van der Waals surface area contributed by atoms with Crippen molar-refractivity contribution in [2.45, 2.75) is 26.7 Å². The summed E-state index contributed by atoms with van der Waals surface area (Å²) in [6.07, 6.45) is 3.56. The lowest BCUT2D eigenvalue weighted by molar-refractivity contribution is -0.122. The molecule has 0 atom stereocenters. The van der Waals surface area contributed by atoms with Crippen LogP contribution >= 0.6 is 23.4 Å². The number of hydrogen-bond donors (Lipinski definition) is 1. The molecule has 140 valence electrons. The summed E-state index contributed by atoms with van der Waals surface area (Å²) in [7, 11) is 0. The summed E-state index contributed by atoms with van der Waals surface area (Å²) in [4.78, 5) is 19.8. The molecule has 0 aliphatic carbocycles. The van der Waals surface area contributed by atoms with Gasteiger partial charge in [-0.1, -0.05) is 42.6 Å². The van der Waals surface area contributed by atoms with Gasteiger partial charge in [0.05, 0.1) is 10.6 Å². The number of carbonyl (C=O) groups excluding carboxylic acids is 1. The second kappa shape index (κ2) is 8.63. The number of hydrogen-bond acceptors (Lipinski definition) is 4. The van der Waals surface area contributed by atoms with Crippen molar-refractivity contribution in [2.75, 3.05) is 6.54 Å². The highest BCUT2D eigenvalue weighted by molar-refractivity contribution is 8.18. The Hall–Kier alpha value is -2.24. The molecule has 2 aromatic carbocycles. The van der Waals surface area contributed by atoms with Crippen LogP contribution in [0.2, 0.25) is 5.02 Å². The Labute approximate surface area is 168 Å². The Morgan fingerprint density at radius 2 is 1.96 bits per heavy atom. The molecule has 4 nitrogen and oxygen atoms in total. The molecule has 0 aromatic heterocycles. The fourth-order valence-electron chi connectivity index (χ4n) is 2.62. The van der Waals surface area contributed by atoms with E-state index in [1.54, 1.807) is 23.1 Å². The van der Waals surface area contributed by atoms with E-state index in [-0.39, 0.29) is 11.7 Å². The Kier molecular flexibility index (Phi) is 6.24. The normalized spacial score (nSPS) is 17.3. The van der Waals surface area contributed by atoms with Gasteiger partial charge >= 0.3 is 0 Å². The first-order valence-corrected chi connectivity index (χ1v) is 10.0. The Bertz CT molecular complexity index is 907. The zero-order valence-electron chi connectivity index (χ0n) is 15.3. The average molecular weight is 401 g/mol. The Morgan fingerprint density at radius 3 is 2.67 bits per heavy atom. The van der Waals surface area contributed by atoms with E-state index in [9.17, 15) is 9.90 Å². The van der Waals surface area contributed by atoms with Crippen LogP contribution in [0.3, 0.4) is 0 Å². The largest absolute Gasteiger partial charge is 0.507 e. The van der Waals surface area contributed by atoms with Crippen molar-refractivity contribution in [3.63, 3.8) is 0 Å². The molecule has 1 N–H and O–H groups in total. The van der Waals surface area contributed by atoms with Crippen molar-refractivity contribution in [3.8, 4) is 5.75 Å². The number of carbonyl (C=O) groups is 1. The molecule has 0 radical (unpaired) electrons. The van der Waals surface area contributed by atoms with E-state index in [0.717, 1.165) is 24.1 Å². The minimum atomic E-state index is -0.0984. The summed E-state index contributed by atoms with van der Waals surface area (Å²) in [5.41, 5.74) is 2.49. The van der Waals surface area contributed by atoms with Gasteiger partial charge in [0.2, 0.25) is 0 Å². The highest BCUT2D eigenvalue weighted by Crippen LogP contribution is 2.36. The summed E-state index contributed by atoms with van der Waals surface area (Å²) in [5, 5.41) is 11.2. The number of amides is 1. The third kappa shape index (κ3) is 4.73. The standard InChI is InChI=1S/C21H21ClN2O2S/c1-3-4-11-24-20(26)19(13-15-12-16(22)7-10-18(15)25)27-21(24)23-17-8-5-14(2)6-9-17/h5-10,12-13,25H,3-4,11H2,1-2H3/b19-13+,23-21?. The van der Waals surface area contributed by atoms with Crippen LogP contribution in [0.1, 0.15) is 30.9 Å². The second-order valence-corrected chi connectivity index (χ2v) is 7.80. The van der Waals surface area contributed by atoms with Crippen LogP contribution in [0.25, 0.3) is 6.08 Å². The summed E-state index contributed by atoms with van der Waals surface area (Å²) < 4.78 is 0. The van der Waals surface area contributed by atoms with Gasteiger partial charge in [-0.3, -0.25) is 9.69 Å². The second-order valence-electron chi connectivity index (χ2n) is 6.35. The third-order valence-corrected chi connectivity index (χ3v) is 5.40. The third-order valence-electron chi connectivity index (χ3n) is 4.16. The minimum absolute atomic E-state index is 0.0873. The van der Waals surface area contributed by atoms with Gasteiger partial charge in [-0.15, -0.1) is 0 Å². The minimum Gasteiger partial charge on any atom is -0.507 e. The first kappa shape index (κ1) is 19.5. The summed E-state index contributed by atoms with van der Waals surface area (Å²) in [6.45, 7) is 4.73. The molecule has 0 spiro atoms. The molecule has 0 unspecified atom stereocenters. The monoisotopic (exact) mass is 400 g/mol. The maximum Gasteiger partial charge on any atom is 0.266 e. The zero-order chi connectivity index (χ0) is 19.4. The summed E-state index contributed by atoms with van der Waals surface area (Å²) in [5.74, 6) is -0.0111.